The zero-order valence-electron chi connectivity index (χ0n) is 9.81. The Labute approximate surface area is 95.3 Å². The molecule has 0 radical (unpaired) electrons. The highest BCUT2D eigenvalue weighted by Gasteiger charge is 2.14. The molecule has 4 nitrogen and oxygen atoms in total. The van der Waals surface area contributed by atoms with E-state index in [4.69, 9.17) is 0 Å². The lowest BCUT2D eigenvalue weighted by atomic mass is 10.2. The number of aromatic nitrogens is 3. The van der Waals surface area contributed by atoms with Gasteiger partial charge < -0.3 is 5.32 Å². The maximum absolute atomic E-state index is 4.21. The van der Waals surface area contributed by atoms with Gasteiger partial charge in [0.2, 0.25) is 0 Å². The minimum Gasteiger partial charge on any atom is -0.311 e. The minimum absolute atomic E-state index is 0.182. The summed E-state index contributed by atoms with van der Waals surface area (Å²) in [6, 6.07) is 10.3. The number of nitrogens with zero attached hydrogens (tertiary/aromatic N) is 3. The number of nitrogens with one attached hydrogen (secondary N) is 1. The molecule has 1 aromatic carbocycles. The fourth-order valence-electron chi connectivity index (χ4n) is 1.68. The van der Waals surface area contributed by atoms with Crippen molar-refractivity contribution in [3.63, 3.8) is 0 Å². The smallest absolute Gasteiger partial charge is 0.154 e. The average Bonchev–Trinajstić information content (AvgIpc) is 2.71. The van der Waals surface area contributed by atoms with Gasteiger partial charge in [-0.2, -0.15) is 0 Å². The minimum atomic E-state index is 0.182. The summed E-state index contributed by atoms with van der Waals surface area (Å²) in [5.41, 5.74) is 1.10. The zero-order chi connectivity index (χ0) is 11.5. The van der Waals surface area contributed by atoms with E-state index in [1.807, 2.05) is 32.2 Å². The Bertz CT molecular complexity index is 461. The molecule has 1 N–H and O–H groups in total. The molecule has 0 amide bonds. The average molecular weight is 216 g/mol. The molecule has 0 saturated carbocycles. The Balaban J connectivity index is 2.52. The molecule has 0 bridgehead atoms. The first-order valence-electron chi connectivity index (χ1n) is 5.38. The number of benzene rings is 1. The van der Waals surface area contributed by atoms with E-state index in [1.165, 1.54) is 0 Å². The van der Waals surface area contributed by atoms with Crippen molar-refractivity contribution in [3.05, 3.63) is 42.0 Å². The summed E-state index contributed by atoms with van der Waals surface area (Å²) in [5, 5.41) is 11.5. The Morgan fingerprint density at radius 2 is 1.88 bits per heavy atom. The molecular weight excluding hydrogens is 200 g/mol. The molecule has 0 spiro atoms. The molecule has 84 valence electrons. The third-order valence-electron chi connectivity index (χ3n) is 2.68. The molecule has 0 aliphatic rings. The molecule has 1 aromatic heterocycles. The summed E-state index contributed by atoms with van der Waals surface area (Å²) in [4.78, 5) is 0. The molecule has 0 fully saturated rings. The zero-order valence-corrected chi connectivity index (χ0v) is 9.81. The molecule has 16 heavy (non-hydrogen) atoms. The van der Waals surface area contributed by atoms with Crippen molar-refractivity contribution in [2.75, 3.05) is 7.05 Å². The third kappa shape index (κ3) is 1.84. The van der Waals surface area contributed by atoms with Crippen LogP contribution in [0.15, 0.2) is 30.3 Å². The van der Waals surface area contributed by atoms with Crippen LogP contribution in [0.2, 0.25) is 0 Å². The van der Waals surface area contributed by atoms with Gasteiger partial charge in [-0.15, -0.1) is 10.2 Å². The van der Waals surface area contributed by atoms with Crippen LogP contribution in [-0.2, 0) is 0 Å². The largest absolute Gasteiger partial charge is 0.311 e. The highest BCUT2D eigenvalue weighted by Crippen LogP contribution is 2.17. The van der Waals surface area contributed by atoms with Gasteiger partial charge in [0.25, 0.3) is 0 Å². The van der Waals surface area contributed by atoms with E-state index >= 15 is 0 Å². The maximum Gasteiger partial charge on any atom is 0.154 e. The number of aryl methyl sites for hydroxylation is 1. The van der Waals surface area contributed by atoms with Crippen LogP contribution in [0, 0.1) is 6.92 Å². The quantitative estimate of drug-likeness (QED) is 0.851. The first-order chi connectivity index (χ1) is 7.74. The standard InChI is InChI=1S/C12H16N4/c1-9(13-3)12-15-14-10(2)16(12)11-7-5-4-6-8-11/h4-9,13H,1-3H3. The Morgan fingerprint density at radius 1 is 1.19 bits per heavy atom. The summed E-state index contributed by atoms with van der Waals surface area (Å²) >= 11 is 0. The van der Waals surface area contributed by atoms with Crippen molar-refractivity contribution in [1.82, 2.24) is 20.1 Å². The van der Waals surface area contributed by atoms with E-state index in [0.29, 0.717) is 0 Å². The van der Waals surface area contributed by atoms with Gasteiger partial charge >= 0.3 is 0 Å². The molecule has 2 aromatic rings. The molecule has 2 rings (SSSR count). The van der Waals surface area contributed by atoms with Crippen LogP contribution in [0.4, 0.5) is 0 Å². The van der Waals surface area contributed by atoms with Gasteiger partial charge in [-0.1, -0.05) is 18.2 Å². The summed E-state index contributed by atoms with van der Waals surface area (Å²) in [6.07, 6.45) is 0. The fraction of sp³-hybridized carbons (Fsp3) is 0.333. The van der Waals surface area contributed by atoms with Crippen molar-refractivity contribution in [3.8, 4) is 5.69 Å². The molecule has 1 heterocycles. The maximum atomic E-state index is 4.21. The highest BCUT2D eigenvalue weighted by atomic mass is 15.3. The van der Waals surface area contributed by atoms with Crippen molar-refractivity contribution in [2.45, 2.75) is 19.9 Å². The summed E-state index contributed by atoms with van der Waals surface area (Å²) < 4.78 is 2.07. The van der Waals surface area contributed by atoms with E-state index in [2.05, 4.69) is 39.1 Å². The summed E-state index contributed by atoms with van der Waals surface area (Å²) in [7, 11) is 1.92. The molecule has 4 heteroatoms. The van der Waals surface area contributed by atoms with Crippen molar-refractivity contribution >= 4 is 0 Å². The van der Waals surface area contributed by atoms with Crippen LogP contribution >= 0.6 is 0 Å². The second-order valence-electron chi connectivity index (χ2n) is 3.79. The van der Waals surface area contributed by atoms with E-state index < -0.39 is 0 Å². The predicted molar refractivity (Wildman–Crippen MR) is 63.6 cm³/mol. The van der Waals surface area contributed by atoms with E-state index in [0.717, 1.165) is 17.3 Å². The number of rotatable bonds is 3. The van der Waals surface area contributed by atoms with Gasteiger partial charge in [0.15, 0.2) is 5.82 Å². The molecule has 0 saturated heterocycles. The number of hydrogen-bond acceptors (Lipinski definition) is 3. The second kappa shape index (κ2) is 4.45. The van der Waals surface area contributed by atoms with Gasteiger partial charge in [0, 0.05) is 5.69 Å². The Hall–Kier alpha value is -1.68. The van der Waals surface area contributed by atoms with Crippen LogP contribution < -0.4 is 5.32 Å². The van der Waals surface area contributed by atoms with Gasteiger partial charge in [-0.05, 0) is 33.0 Å². The van der Waals surface area contributed by atoms with Gasteiger partial charge in [0.1, 0.15) is 5.82 Å². The van der Waals surface area contributed by atoms with Crippen LogP contribution in [0.3, 0.4) is 0 Å². The SMILES string of the molecule is CNC(C)c1nnc(C)n1-c1ccccc1. The molecule has 0 aliphatic heterocycles. The molecule has 1 atom stereocenters. The molecular formula is C12H16N4. The lowest BCUT2D eigenvalue weighted by Gasteiger charge is -2.13. The van der Waals surface area contributed by atoms with Gasteiger partial charge in [-0.3, -0.25) is 4.57 Å². The van der Waals surface area contributed by atoms with E-state index in [1.54, 1.807) is 0 Å². The van der Waals surface area contributed by atoms with Gasteiger partial charge in [-0.25, -0.2) is 0 Å². The molecule has 1 unspecified atom stereocenters. The van der Waals surface area contributed by atoms with Crippen LogP contribution in [0.1, 0.15) is 24.6 Å². The lowest BCUT2D eigenvalue weighted by molar-refractivity contribution is 0.596. The Kier molecular flexibility index (Phi) is 3.01. The lowest BCUT2D eigenvalue weighted by Crippen LogP contribution is -2.17. The van der Waals surface area contributed by atoms with Crippen molar-refractivity contribution in [1.29, 1.82) is 0 Å². The third-order valence-corrected chi connectivity index (χ3v) is 2.68. The number of hydrogen-bond donors (Lipinski definition) is 1. The van der Waals surface area contributed by atoms with Crippen LogP contribution in [0.5, 0.6) is 0 Å². The fourth-order valence-corrected chi connectivity index (χ4v) is 1.68. The number of para-hydroxylation sites is 1. The van der Waals surface area contributed by atoms with Gasteiger partial charge in [0.05, 0.1) is 6.04 Å². The summed E-state index contributed by atoms with van der Waals surface area (Å²) in [5.74, 6) is 1.84. The normalized spacial score (nSPS) is 12.7. The topological polar surface area (TPSA) is 42.7 Å². The van der Waals surface area contributed by atoms with Crippen LogP contribution in [-0.4, -0.2) is 21.8 Å². The first-order valence-corrected chi connectivity index (χ1v) is 5.38. The Morgan fingerprint density at radius 3 is 2.50 bits per heavy atom. The predicted octanol–water partition coefficient (Wildman–Crippen LogP) is 1.86. The van der Waals surface area contributed by atoms with Crippen molar-refractivity contribution < 1.29 is 0 Å². The molecule has 0 aliphatic carbocycles. The van der Waals surface area contributed by atoms with Crippen LogP contribution in [0.25, 0.3) is 5.69 Å². The first kappa shape index (κ1) is 10.8. The highest BCUT2D eigenvalue weighted by molar-refractivity contribution is 5.34. The monoisotopic (exact) mass is 216 g/mol. The van der Waals surface area contributed by atoms with E-state index in [-0.39, 0.29) is 6.04 Å². The van der Waals surface area contributed by atoms with Crippen molar-refractivity contribution in [2.24, 2.45) is 0 Å². The second-order valence-corrected chi connectivity index (χ2v) is 3.79. The van der Waals surface area contributed by atoms with E-state index in [9.17, 15) is 0 Å². The summed E-state index contributed by atoms with van der Waals surface area (Å²) in [6.45, 7) is 4.04.